The number of anilines is 1. The maximum absolute atomic E-state index is 8.91. The van der Waals surface area contributed by atoms with Crippen LogP contribution in [-0.4, -0.2) is 36.3 Å². The minimum atomic E-state index is 0.143. The average Bonchev–Trinajstić information content (AvgIpc) is 2.46. The zero-order valence-corrected chi connectivity index (χ0v) is 11.4. The van der Waals surface area contributed by atoms with Gasteiger partial charge in [-0.15, -0.1) is 0 Å². The van der Waals surface area contributed by atoms with Gasteiger partial charge in [-0.2, -0.15) is 0 Å². The summed E-state index contributed by atoms with van der Waals surface area (Å²) in [5, 5.41) is 12.0. The molecule has 1 aliphatic heterocycles. The Labute approximate surface area is 113 Å². The first kappa shape index (κ1) is 13.7. The predicted octanol–water partition coefficient (Wildman–Crippen LogP) is 1.78. The molecule has 0 saturated carbocycles. The fourth-order valence-electron chi connectivity index (χ4n) is 2.47. The van der Waals surface area contributed by atoms with E-state index in [0.29, 0.717) is 12.6 Å². The number of para-hydroxylation sites is 1. The molecule has 104 valence electrons. The van der Waals surface area contributed by atoms with Crippen molar-refractivity contribution in [3.8, 4) is 0 Å². The van der Waals surface area contributed by atoms with Crippen molar-refractivity contribution in [3.63, 3.8) is 0 Å². The summed E-state index contributed by atoms with van der Waals surface area (Å²) < 4.78 is 5.71. The molecule has 0 bridgehead atoms. The Morgan fingerprint density at radius 2 is 2.26 bits per heavy atom. The van der Waals surface area contributed by atoms with Crippen LogP contribution in [0.4, 0.5) is 5.69 Å². The molecule has 0 spiro atoms. The lowest BCUT2D eigenvalue weighted by Crippen LogP contribution is -2.49. The average molecular weight is 263 g/mol. The van der Waals surface area contributed by atoms with E-state index in [1.54, 1.807) is 0 Å². The van der Waals surface area contributed by atoms with Crippen LogP contribution in [0.1, 0.15) is 25.8 Å². The summed E-state index contributed by atoms with van der Waals surface area (Å²) in [7, 11) is 0. The number of nitrogens with zero attached hydrogens (tertiary/aromatic N) is 2. The van der Waals surface area contributed by atoms with Gasteiger partial charge >= 0.3 is 0 Å². The second-order valence-corrected chi connectivity index (χ2v) is 4.86. The normalized spacial score (nSPS) is 24.5. The number of hydrogen-bond acceptors (Lipinski definition) is 4. The summed E-state index contributed by atoms with van der Waals surface area (Å²) >= 11 is 0. The van der Waals surface area contributed by atoms with Crippen LogP contribution in [-0.2, 0) is 4.74 Å². The van der Waals surface area contributed by atoms with E-state index in [9.17, 15) is 0 Å². The summed E-state index contributed by atoms with van der Waals surface area (Å²) in [6, 6.07) is 8.06. The fraction of sp³-hybridized carbons (Fsp3) is 0.500. The van der Waals surface area contributed by atoms with Gasteiger partial charge in [-0.05, 0) is 25.5 Å². The quantitative estimate of drug-likeness (QED) is 0.377. The van der Waals surface area contributed by atoms with Gasteiger partial charge in [-0.25, -0.2) is 0 Å². The molecule has 1 aromatic carbocycles. The van der Waals surface area contributed by atoms with Crippen LogP contribution in [0.25, 0.3) is 0 Å². The third-order valence-corrected chi connectivity index (χ3v) is 3.54. The Morgan fingerprint density at radius 1 is 1.53 bits per heavy atom. The fourth-order valence-corrected chi connectivity index (χ4v) is 2.47. The van der Waals surface area contributed by atoms with Crippen molar-refractivity contribution in [2.75, 3.05) is 18.1 Å². The lowest BCUT2D eigenvalue weighted by atomic mass is 10.1. The number of amidine groups is 1. The van der Waals surface area contributed by atoms with Crippen molar-refractivity contribution >= 4 is 11.5 Å². The Kier molecular flexibility index (Phi) is 4.27. The second kappa shape index (κ2) is 5.93. The van der Waals surface area contributed by atoms with Gasteiger partial charge in [0.15, 0.2) is 5.84 Å². The highest BCUT2D eigenvalue weighted by Gasteiger charge is 2.27. The lowest BCUT2D eigenvalue weighted by molar-refractivity contribution is 0.0299. The number of rotatable bonds is 3. The summed E-state index contributed by atoms with van der Waals surface area (Å²) in [4.78, 5) is 2.29. The molecular weight excluding hydrogens is 242 g/mol. The molecule has 0 aromatic heterocycles. The zero-order valence-electron chi connectivity index (χ0n) is 11.4. The largest absolute Gasteiger partial charge is 0.409 e. The van der Waals surface area contributed by atoms with Gasteiger partial charge in [0.25, 0.3) is 0 Å². The molecule has 19 heavy (non-hydrogen) atoms. The van der Waals surface area contributed by atoms with Crippen LogP contribution in [0, 0.1) is 0 Å². The van der Waals surface area contributed by atoms with E-state index in [-0.39, 0.29) is 11.9 Å². The maximum atomic E-state index is 8.91. The molecular formula is C14H21N3O2. The van der Waals surface area contributed by atoms with Gasteiger partial charge < -0.3 is 20.6 Å². The SMILES string of the molecule is CCC1COC(C)CN1c1ccccc1C(N)=NO. The first-order valence-corrected chi connectivity index (χ1v) is 6.62. The van der Waals surface area contributed by atoms with Crippen molar-refractivity contribution in [2.45, 2.75) is 32.4 Å². The maximum Gasteiger partial charge on any atom is 0.172 e. The Balaban J connectivity index is 2.38. The minimum absolute atomic E-state index is 0.143. The Bertz CT molecular complexity index is 462. The smallest absolute Gasteiger partial charge is 0.172 e. The highest BCUT2D eigenvalue weighted by atomic mass is 16.5. The van der Waals surface area contributed by atoms with Crippen molar-refractivity contribution in [1.29, 1.82) is 0 Å². The third-order valence-electron chi connectivity index (χ3n) is 3.54. The van der Waals surface area contributed by atoms with Crippen LogP contribution < -0.4 is 10.6 Å². The highest BCUT2D eigenvalue weighted by molar-refractivity contribution is 6.02. The van der Waals surface area contributed by atoms with Gasteiger partial charge in [0, 0.05) is 17.8 Å². The molecule has 1 aliphatic rings. The molecule has 0 amide bonds. The molecule has 3 N–H and O–H groups in total. The number of benzene rings is 1. The zero-order chi connectivity index (χ0) is 13.8. The third kappa shape index (κ3) is 2.81. The Morgan fingerprint density at radius 3 is 2.95 bits per heavy atom. The molecule has 0 radical (unpaired) electrons. The first-order valence-electron chi connectivity index (χ1n) is 6.62. The second-order valence-electron chi connectivity index (χ2n) is 4.86. The van der Waals surface area contributed by atoms with Gasteiger partial charge in [0.05, 0.1) is 18.8 Å². The van der Waals surface area contributed by atoms with E-state index < -0.39 is 0 Å². The topological polar surface area (TPSA) is 71.1 Å². The molecule has 1 saturated heterocycles. The van der Waals surface area contributed by atoms with Crippen molar-refractivity contribution < 1.29 is 9.94 Å². The van der Waals surface area contributed by atoms with E-state index >= 15 is 0 Å². The molecule has 5 heteroatoms. The number of morpholine rings is 1. The Hall–Kier alpha value is -1.75. The number of nitrogens with two attached hydrogens (primary N) is 1. The van der Waals surface area contributed by atoms with E-state index in [1.807, 2.05) is 24.3 Å². The van der Waals surface area contributed by atoms with Crippen LogP contribution in [0.15, 0.2) is 29.4 Å². The molecule has 5 nitrogen and oxygen atoms in total. The molecule has 2 unspecified atom stereocenters. The highest BCUT2D eigenvalue weighted by Crippen LogP contribution is 2.26. The minimum Gasteiger partial charge on any atom is -0.409 e. The number of ether oxygens (including phenoxy) is 1. The van der Waals surface area contributed by atoms with Crippen LogP contribution >= 0.6 is 0 Å². The van der Waals surface area contributed by atoms with Gasteiger partial charge in [0.1, 0.15) is 0 Å². The molecule has 2 rings (SSSR count). The summed E-state index contributed by atoms with van der Waals surface area (Å²) in [5.74, 6) is 0.143. The standard InChI is InChI=1S/C14H21N3O2/c1-3-11-9-19-10(2)8-17(11)13-7-5-4-6-12(13)14(15)16-18/h4-7,10-11,18H,3,8-9H2,1-2H3,(H2,15,16). The van der Waals surface area contributed by atoms with E-state index in [1.165, 1.54) is 0 Å². The summed E-state index contributed by atoms with van der Waals surface area (Å²) in [6.07, 6.45) is 1.18. The van der Waals surface area contributed by atoms with Crippen LogP contribution in [0.5, 0.6) is 0 Å². The molecule has 1 aromatic rings. The van der Waals surface area contributed by atoms with E-state index in [2.05, 4.69) is 23.9 Å². The van der Waals surface area contributed by atoms with Crippen molar-refractivity contribution in [2.24, 2.45) is 10.9 Å². The van der Waals surface area contributed by atoms with E-state index in [0.717, 1.165) is 24.2 Å². The number of hydrogen-bond donors (Lipinski definition) is 2. The lowest BCUT2D eigenvalue weighted by Gasteiger charge is -2.40. The monoisotopic (exact) mass is 263 g/mol. The molecule has 1 fully saturated rings. The van der Waals surface area contributed by atoms with Gasteiger partial charge in [0.2, 0.25) is 0 Å². The molecule has 2 atom stereocenters. The summed E-state index contributed by atoms with van der Waals surface area (Å²) in [6.45, 7) is 5.73. The summed E-state index contributed by atoms with van der Waals surface area (Å²) in [5.41, 5.74) is 7.53. The first-order chi connectivity index (χ1) is 9.17. The van der Waals surface area contributed by atoms with Crippen molar-refractivity contribution in [1.82, 2.24) is 0 Å². The van der Waals surface area contributed by atoms with Crippen molar-refractivity contribution in [3.05, 3.63) is 29.8 Å². The predicted molar refractivity (Wildman–Crippen MR) is 75.8 cm³/mol. The van der Waals surface area contributed by atoms with Crippen LogP contribution in [0.2, 0.25) is 0 Å². The van der Waals surface area contributed by atoms with Gasteiger partial charge in [-0.1, -0.05) is 24.2 Å². The van der Waals surface area contributed by atoms with Gasteiger partial charge in [-0.3, -0.25) is 0 Å². The van der Waals surface area contributed by atoms with Crippen LogP contribution in [0.3, 0.4) is 0 Å². The number of oxime groups is 1. The van der Waals surface area contributed by atoms with E-state index in [4.69, 9.17) is 15.7 Å². The molecule has 1 heterocycles. The molecule has 0 aliphatic carbocycles.